The Hall–Kier alpha value is -2.90. The van der Waals surface area contributed by atoms with E-state index in [2.05, 4.69) is 20.7 Å². The Balaban J connectivity index is 2.00. The molecule has 0 saturated heterocycles. The summed E-state index contributed by atoms with van der Waals surface area (Å²) in [6.07, 6.45) is 1.56. The van der Waals surface area contributed by atoms with Crippen LogP contribution in [0, 0.1) is 6.92 Å². The number of pyridine rings is 1. The van der Waals surface area contributed by atoms with Crippen molar-refractivity contribution in [3.8, 4) is 5.82 Å². The van der Waals surface area contributed by atoms with Crippen molar-refractivity contribution in [1.29, 1.82) is 0 Å². The summed E-state index contributed by atoms with van der Waals surface area (Å²) in [7, 11) is 1.50. The van der Waals surface area contributed by atoms with E-state index in [9.17, 15) is 9.59 Å². The normalized spacial score (nSPS) is 10.5. The lowest BCUT2D eigenvalue weighted by Crippen LogP contribution is -2.23. The summed E-state index contributed by atoms with van der Waals surface area (Å²) in [4.78, 5) is 29.1. The van der Waals surface area contributed by atoms with E-state index in [-0.39, 0.29) is 17.2 Å². The molecule has 7 nitrogen and oxygen atoms in total. The fourth-order valence-electron chi connectivity index (χ4n) is 2.49. The van der Waals surface area contributed by atoms with Crippen LogP contribution < -0.4 is 10.6 Å². The van der Waals surface area contributed by atoms with Crippen LogP contribution in [0.1, 0.15) is 26.5 Å². The van der Waals surface area contributed by atoms with Crippen molar-refractivity contribution in [3.63, 3.8) is 0 Å². The van der Waals surface area contributed by atoms with Gasteiger partial charge in [0, 0.05) is 18.3 Å². The molecule has 0 aliphatic carbocycles. The number of benzene rings is 1. The van der Waals surface area contributed by atoms with Gasteiger partial charge in [-0.25, -0.2) is 9.67 Å². The first-order chi connectivity index (χ1) is 12.9. The fourth-order valence-corrected chi connectivity index (χ4v) is 2.86. The van der Waals surface area contributed by atoms with E-state index in [1.54, 1.807) is 43.5 Å². The topological polar surface area (TPSA) is 88.9 Å². The van der Waals surface area contributed by atoms with Gasteiger partial charge in [0.25, 0.3) is 11.8 Å². The Morgan fingerprint density at radius 3 is 2.59 bits per heavy atom. The third kappa shape index (κ3) is 3.94. The van der Waals surface area contributed by atoms with E-state index in [0.717, 1.165) is 0 Å². The maximum atomic E-state index is 12.9. The van der Waals surface area contributed by atoms with Crippen molar-refractivity contribution < 1.29 is 9.59 Å². The molecule has 9 heteroatoms. The molecule has 138 valence electrons. The lowest BCUT2D eigenvalue weighted by Gasteiger charge is -2.12. The van der Waals surface area contributed by atoms with Gasteiger partial charge in [-0.3, -0.25) is 9.59 Å². The monoisotopic (exact) mass is 403 g/mol. The van der Waals surface area contributed by atoms with E-state index in [0.29, 0.717) is 27.2 Å². The molecule has 0 saturated carbocycles. The first-order valence-electron chi connectivity index (χ1n) is 7.91. The molecule has 0 unspecified atom stereocenters. The first kappa shape index (κ1) is 18.9. The smallest absolute Gasteiger partial charge is 0.274 e. The van der Waals surface area contributed by atoms with Crippen molar-refractivity contribution in [3.05, 3.63) is 69.6 Å². The largest absolute Gasteiger partial charge is 0.355 e. The minimum Gasteiger partial charge on any atom is -0.355 e. The average molecular weight is 404 g/mol. The van der Waals surface area contributed by atoms with E-state index in [1.807, 2.05) is 0 Å². The number of carbonyl (C=O) groups excluding carboxylic acids is 2. The van der Waals surface area contributed by atoms with Crippen LogP contribution in [0.5, 0.6) is 0 Å². The van der Waals surface area contributed by atoms with Crippen LogP contribution >= 0.6 is 23.2 Å². The van der Waals surface area contributed by atoms with Crippen LogP contribution in [0.4, 0.5) is 5.69 Å². The van der Waals surface area contributed by atoms with Gasteiger partial charge in [-0.15, -0.1) is 0 Å². The van der Waals surface area contributed by atoms with Crippen LogP contribution in [-0.4, -0.2) is 33.6 Å². The maximum Gasteiger partial charge on any atom is 0.274 e. The zero-order valence-electron chi connectivity index (χ0n) is 14.5. The van der Waals surface area contributed by atoms with E-state index < -0.39 is 5.91 Å². The number of halogens is 2. The number of rotatable bonds is 4. The van der Waals surface area contributed by atoms with Crippen molar-refractivity contribution in [1.82, 2.24) is 20.1 Å². The first-order valence-corrected chi connectivity index (χ1v) is 8.67. The number of aromatic nitrogens is 3. The summed E-state index contributed by atoms with van der Waals surface area (Å²) < 4.78 is 1.36. The number of nitrogens with one attached hydrogen (secondary N) is 2. The summed E-state index contributed by atoms with van der Waals surface area (Å²) in [5.74, 6) is -0.505. The molecule has 2 aromatic heterocycles. The number of hydrogen-bond donors (Lipinski definition) is 2. The van der Waals surface area contributed by atoms with Gasteiger partial charge in [0.2, 0.25) is 0 Å². The highest BCUT2D eigenvalue weighted by atomic mass is 35.5. The molecule has 2 heterocycles. The Kier molecular flexibility index (Phi) is 5.43. The summed E-state index contributed by atoms with van der Waals surface area (Å²) in [5, 5.41) is 10.3. The van der Waals surface area contributed by atoms with E-state index >= 15 is 0 Å². The van der Waals surface area contributed by atoms with Crippen LogP contribution in [0.25, 0.3) is 5.82 Å². The van der Waals surface area contributed by atoms with Crippen LogP contribution in [0.15, 0.2) is 42.6 Å². The number of carbonyl (C=O) groups is 2. The SMILES string of the molecule is CNC(=O)c1cc(Cl)ccc1NC(=O)c1cc(C)nn1-c1ncccc1Cl. The summed E-state index contributed by atoms with van der Waals surface area (Å²) in [6.45, 7) is 1.75. The highest BCUT2D eigenvalue weighted by Gasteiger charge is 2.20. The molecule has 27 heavy (non-hydrogen) atoms. The lowest BCUT2D eigenvalue weighted by molar-refractivity contribution is 0.0964. The second-order valence-corrected chi connectivity index (χ2v) is 6.46. The molecule has 3 aromatic rings. The van der Waals surface area contributed by atoms with Gasteiger partial charge in [0.05, 0.1) is 22.0 Å². The fraction of sp³-hybridized carbons (Fsp3) is 0.111. The molecule has 2 amide bonds. The quantitative estimate of drug-likeness (QED) is 0.697. The van der Waals surface area contributed by atoms with Gasteiger partial charge in [0.1, 0.15) is 5.69 Å². The molecule has 0 bridgehead atoms. The molecule has 0 radical (unpaired) electrons. The van der Waals surface area contributed by atoms with Crippen molar-refractivity contribution >= 4 is 40.7 Å². The number of amides is 2. The molecule has 0 atom stereocenters. The molecular formula is C18H15Cl2N5O2. The molecule has 0 aliphatic rings. The predicted octanol–water partition coefficient (Wildman–Crippen LogP) is 3.49. The molecule has 3 rings (SSSR count). The third-order valence-corrected chi connectivity index (χ3v) is 4.24. The molecule has 0 aliphatic heterocycles. The Labute approximate surface area is 165 Å². The molecule has 0 fully saturated rings. The van der Waals surface area contributed by atoms with Gasteiger partial charge in [-0.2, -0.15) is 5.10 Å². The second kappa shape index (κ2) is 7.77. The van der Waals surface area contributed by atoms with Crippen molar-refractivity contribution in [2.45, 2.75) is 6.92 Å². The summed E-state index contributed by atoms with van der Waals surface area (Å²) >= 11 is 12.2. The Morgan fingerprint density at radius 1 is 1.11 bits per heavy atom. The van der Waals surface area contributed by atoms with Gasteiger partial charge < -0.3 is 10.6 Å². The van der Waals surface area contributed by atoms with Gasteiger partial charge in [0.15, 0.2) is 5.82 Å². The van der Waals surface area contributed by atoms with Crippen LogP contribution in [0.2, 0.25) is 10.0 Å². The number of aryl methyl sites for hydroxylation is 1. The zero-order chi connectivity index (χ0) is 19.6. The number of nitrogens with zero attached hydrogens (tertiary/aromatic N) is 3. The zero-order valence-corrected chi connectivity index (χ0v) is 16.0. The molecular weight excluding hydrogens is 389 g/mol. The minimum absolute atomic E-state index is 0.228. The Morgan fingerprint density at radius 2 is 1.89 bits per heavy atom. The van der Waals surface area contributed by atoms with Gasteiger partial charge >= 0.3 is 0 Å². The van der Waals surface area contributed by atoms with Crippen LogP contribution in [0.3, 0.4) is 0 Å². The summed E-state index contributed by atoms with van der Waals surface area (Å²) in [6, 6.07) is 9.58. The molecule has 0 spiro atoms. The standard InChI is InChI=1S/C18H15Cl2N5O2/c1-10-8-15(25(24-10)16-13(20)4-3-7-22-16)18(27)23-14-6-5-11(19)9-12(14)17(26)21-2/h3-9H,1-2H3,(H,21,26)(H,23,27). The number of hydrogen-bond acceptors (Lipinski definition) is 4. The lowest BCUT2D eigenvalue weighted by atomic mass is 10.1. The van der Waals surface area contributed by atoms with Crippen LogP contribution in [-0.2, 0) is 0 Å². The number of anilines is 1. The summed E-state index contributed by atoms with van der Waals surface area (Å²) in [5.41, 5.74) is 1.41. The van der Waals surface area contributed by atoms with E-state index in [4.69, 9.17) is 23.2 Å². The highest BCUT2D eigenvalue weighted by molar-refractivity contribution is 6.32. The minimum atomic E-state index is -0.468. The predicted molar refractivity (Wildman–Crippen MR) is 104 cm³/mol. The van der Waals surface area contributed by atoms with Crippen molar-refractivity contribution in [2.24, 2.45) is 0 Å². The molecule has 1 aromatic carbocycles. The third-order valence-electron chi connectivity index (χ3n) is 3.71. The molecule has 2 N–H and O–H groups in total. The van der Waals surface area contributed by atoms with Gasteiger partial charge in [-0.1, -0.05) is 23.2 Å². The highest BCUT2D eigenvalue weighted by Crippen LogP contribution is 2.23. The van der Waals surface area contributed by atoms with Gasteiger partial charge in [-0.05, 0) is 43.3 Å². The second-order valence-electron chi connectivity index (χ2n) is 5.61. The Bertz CT molecular complexity index is 1030. The van der Waals surface area contributed by atoms with E-state index in [1.165, 1.54) is 17.8 Å². The maximum absolute atomic E-state index is 12.9. The van der Waals surface area contributed by atoms with Crippen molar-refractivity contribution in [2.75, 3.05) is 12.4 Å². The average Bonchev–Trinajstić information content (AvgIpc) is 3.04.